The number of aliphatic hydroxyl groups is 1. The van der Waals surface area contributed by atoms with Crippen molar-refractivity contribution >= 4 is 11.6 Å². The SMILES string of the molecule is CCNC(CO)c1ccc2c(c1)CCC(=O)N2C. The van der Waals surface area contributed by atoms with E-state index in [4.69, 9.17) is 0 Å². The normalized spacial score (nSPS) is 16.6. The summed E-state index contributed by atoms with van der Waals surface area (Å²) >= 11 is 0. The number of fused-ring (bicyclic) bond motifs is 1. The molecule has 0 radical (unpaired) electrons. The Morgan fingerprint density at radius 1 is 1.44 bits per heavy atom. The number of carbonyl (C=O) groups is 1. The minimum absolute atomic E-state index is 0.0248. The number of nitrogens with zero attached hydrogens (tertiary/aromatic N) is 1. The summed E-state index contributed by atoms with van der Waals surface area (Å²) in [4.78, 5) is 13.3. The third kappa shape index (κ3) is 2.40. The van der Waals surface area contributed by atoms with Crippen molar-refractivity contribution in [3.63, 3.8) is 0 Å². The molecule has 0 saturated heterocycles. The summed E-state index contributed by atoms with van der Waals surface area (Å²) in [6, 6.07) is 6.03. The van der Waals surface area contributed by atoms with Crippen molar-refractivity contribution in [1.82, 2.24) is 5.32 Å². The molecule has 98 valence electrons. The van der Waals surface area contributed by atoms with Crippen molar-refractivity contribution in [3.05, 3.63) is 29.3 Å². The lowest BCUT2D eigenvalue weighted by atomic mass is 9.96. The molecule has 1 aromatic carbocycles. The van der Waals surface area contributed by atoms with Crippen LogP contribution in [0.5, 0.6) is 0 Å². The summed E-state index contributed by atoms with van der Waals surface area (Å²) in [6.45, 7) is 2.93. The van der Waals surface area contributed by atoms with Crippen molar-refractivity contribution in [1.29, 1.82) is 0 Å². The van der Waals surface area contributed by atoms with Gasteiger partial charge in [-0.2, -0.15) is 0 Å². The minimum atomic E-state index is -0.0248. The van der Waals surface area contributed by atoms with Crippen molar-refractivity contribution in [3.8, 4) is 0 Å². The standard InChI is InChI=1S/C14H20N2O2/c1-3-15-12(9-17)10-4-6-13-11(8-10)5-7-14(18)16(13)2/h4,6,8,12,15,17H,3,5,7,9H2,1-2H3. The van der Waals surface area contributed by atoms with Gasteiger partial charge in [-0.25, -0.2) is 0 Å². The van der Waals surface area contributed by atoms with Crippen LogP contribution in [0.4, 0.5) is 5.69 Å². The fourth-order valence-corrected chi connectivity index (χ4v) is 2.43. The Balaban J connectivity index is 2.30. The third-order valence-electron chi connectivity index (χ3n) is 3.48. The Kier molecular flexibility index (Phi) is 3.99. The first kappa shape index (κ1) is 13.1. The van der Waals surface area contributed by atoms with Crippen LogP contribution in [0.2, 0.25) is 0 Å². The van der Waals surface area contributed by atoms with Crippen molar-refractivity contribution < 1.29 is 9.90 Å². The van der Waals surface area contributed by atoms with Crippen LogP contribution >= 0.6 is 0 Å². The first-order valence-corrected chi connectivity index (χ1v) is 6.41. The minimum Gasteiger partial charge on any atom is -0.394 e. The lowest BCUT2D eigenvalue weighted by Crippen LogP contribution is -2.31. The molecule has 1 aliphatic rings. The van der Waals surface area contributed by atoms with Gasteiger partial charge in [-0.15, -0.1) is 0 Å². The molecule has 1 aromatic rings. The molecule has 4 nitrogen and oxygen atoms in total. The van der Waals surface area contributed by atoms with Crippen molar-refractivity contribution in [2.75, 3.05) is 25.1 Å². The molecule has 2 N–H and O–H groups in total. The van der Waals surface area contributed by atoms with Gasteiger partial charge in [0, 0.05) is 19.2 Å². The fraction of sp³-hybridized carbons (Fsp3) is 0.500. The van der Waals surface area contributed by atoms with E-state index in [0.717, 1.165) is 24.2 Å². The average Bonchev–Trinajstić information content (AvgIpc) is 2.40. The molecule has 0 aliphatic carbocycles. The van der Waals surface area contributed by atoms with E-state index in [0.29, 0.717) is 6.42 Å². The van der Waals surface area contributed by atoms with Gasteiger partial charge in [-0.3, -0.25) is 4.79 Å². The van der Waals surface area contributed by atoms with E-state index in [-0.39, 0.29) is 18.6 Å². The van der Waals surface area contributed by atoms with Gasteiger partial charge in [0.05, 0.1) is 12.6 Å². The first-order valence-electron chi connectivity index (χ1n) is 6.41. The van der Waals surface area contributed by atoms with Crippen LogP contribution in [0.25, 0.3) is 0 Å². The molecular weight excluding hydrogens is 228 g/mol. The molecule has 2 rings (SSSR count). The maximum absolute atomic E-state index is 11.6. The molecular formula is C14H20N2O2. The van der Waals surface area contributed by atoms with Crippen molar-refractivity contribution in [2.45, 2.75) is 25.8 Å². The number of carbonyl (C=O) groups excluding carboxylic acids is 1. The van der Waals surface area contributed by atoms with Crippen LogP contribution in [0, 0.1) is 0 Å². The summed E-state index contributed by atoms with van der Waals surface area (Å²) in [5.41, 5.74) is 3.26. The number of hydrogen-bond acceptors (Lipinski definition) is 3. The molecule has 1 amide bonds. The summed E-state index contributed by atoms with van der Waals surface area (Å²) in [5, 5.41) is 12.6. The summed E-state index contributed by atoms with van der Waals surface area (Å²) in [5.74, 6) is 0.167. The topological polar surface area (TPSA) is 52.6 Å². The summed E-state index contributed by atoms with van der Waals surface area (Å²) in [6.07, 6.45) is 1.36. The Labute approximate surface area is 108 Å². The Morgan fingerprint density at radius 3 is 2.89 bits per heavy atom. The van der Waals surface area contributed by atoms with Crippen LogP contribution in [-0.2, 0) is 11.2 Å². The van der Waals surface area contributed by atoms with Gasteiger partial charge in [0.15, 0.2) is 0 Å². The molecule has 4 heteroatoms. The Bertz CT molecular complexity index is 445. The van der Waals surface area contributed by atoms with Gasteiger partial charge in [0.2, 0.25) is 5.91 Å². The molecule has 1 atom stereocenters. The van der Waals surface area contributed by atoms with Gasteiger partial charge in [0.25, 0.3) is 0 Å². The predicted octanol–water partition coefficient (Wildman–Crippen LogP) is 1.24. The van der Waals surface area contributed by atoms with Gasteiger partial charge in [-0.05, 0) is 30.2 Å². The van der Waals surface area contributed by atoms with E-state index in [2.05, 4.69) is 11.4 Å². The monoisotopic (exact) mass is 248 g/mol. The van der Waals surface area contributed by atoms with Crippen LogP contribution < -0.4 is 10.2 Å². The Morgan fingerprint density at radius 2 is 2.22 bits per heavy atom. The maximum atomic E-state index is 11.6. The lowest BCUT2D eigenvalue weighted by molar-refractivity contribution is -0.118. The number of anilines is 1. The van der Waals surface area contributed by atoms with E-state index >= 15 is 0 Å². The number of nitrogens with one attached hydrogen (secondary N) is 1. The molecule has 0 fully saturated rings. The highest BCUT2D eigenvalue weighted by Gasteiger charge is 2.21. The number of aliphatic hydroxyl groups excluding tert-OH is 1. The van der Waals surface area contributed by atoms with Crippen LogP contribution in [-0.4, -0.2) is 31.2 Å². The molecule has 0 saturated carbocycles. The second-order valence-corrected chi connectivity index (χ2v) is 4.63. The molecule has 0 bridgehead atoms. The smallest absolute Gasteiger partial charge is 0.227 e. The molecule has 1 unspecified atom stereocenters. The van der Waals surface area contributed by atoms with E-state index in [1.165, 1.54) is 5.56 Å². The first-order chi connectivity index (χ1) is 8.67. The van der Waals surface area contributed by atoms with Crippen LogP contribution in [0.1, 0.15) is 30.5 Å². The summed E-state index contributed by atoms with van der Waals surface area (Å²) in [7, 11) is 1.81. The number of hydrogen-bond donors (Lipinski definition) is 2. The zero-order valence-electron chi connectivity index (χ0n) is 10.9. The van der Waals surface area contributed by atoms with Crippen LogP contribution in [0.15, 0.2) is 18.2 Å². The highest BCUT2D eigenvalue weighted by atomic mass is 16.3. The number of likely N-dealkylation sites (N-methyl/N-ethyl adjacent to an activating group) is 1. The average molecular weight is 248 g/mol. The second-order valence-electron chi connectivity index (χ2n) is 4.63. The number of aryl methyl sites for hydroxylation is 1. The third-order valence-corrected chi connectivity index (χ3v) is 3.48. The number of benzene rings is 1. The molecule has 1 aliphatic heterocycles. The lowest BCUT2D eigenvalue weighted by Gasteiger charge is -2.27. The zero-order chi connectivity index (χ0) is 13.1. The van der Waals surface area contributed by atoms with E-state index < -0.39 is 0 Å². The summed E-state index contributed by atoms with van der Waals surface area (Å²) < 4.78 is 0. The van der Waals surface area contributed by atoms with E-state index in [9.17, 15) is 9.90 Å². The van der Waals surface area contributed by atoms with Gasteiger partial charge in [-0.1, -0.05) is 19.1 Å². The Hall–Kier alpha value is -1.39. The fourth-order valence-electron chi connectivity index (χ4n) is 2.43. The number of rotatable bonds is 4. The highest BCUT2D eigenvalue weighted by Crippen LogP contribution is 2.29. The molecule has 18 heavy (non-hydrogen) atoms. The van der Waals surface area contributed by atoms with Gasteiger partial charge < -0.3 is 15.3 Å². The highest BCUT2D eigenvalue weighted by molar-refractivity contribution is 5.95. The second kappa shape index (κ2) is 5.50. The van der Waals surface area contributed by atoms with E-state index in [1.54, 1.807) is 4.90 Å². The van der Waals surface area contributed by atoms with E-state index in [1.807, 2.05) is 26.1 Å². The molecule has 0 spiro atoms. The number of amides is 1. The zero-order valence-corrected chi connectivity index (χ0v) is 10.9. The largest absolute Gasteiger partial charge is 0.394 e. The van der Waals surface area contributed by atoms with Crippen LogP contribution in [0.3, 0.4) is 0 Å². The van der Waals surface area contributed by atoms with Gasteiger partial charge in [0.1, 0.15) is 0 Å². The van der Waals surface area contributed by atoms with Gasteiger partial charge >= 0.3 is 0 Å². The quantitative estimate of drug-likeness (QED) is 0.843. The molecule has 0 aromatic heterocycles. The maximum Gasteiger partial charge on any atom is 0.227 e. The predicted molar refractivity (Wildman–Crippen MR) is 71.7 cm³/mol. The van der Waals surface area contributed by atoms with Crippen molar-refractivity contribution in [2.24, 2.45) is 0 Å². The molecule has 1 heterocycles.